The van der Waals surface area contributed by atoms with Crippen LogP contribution in [0.1, 0.15) is 35.7 Å². The number of nitrogens with zero attached hydrogens (tertiary/aromatic N) is 3. The number of fused-ring (bicyclic) bond motifs is 1. The number of carbonyl (C=O) groups excluding carboxylic acids is 1. The second kappa shape index (κ2) is 8.80. The molecule has 3 heterocycles. The summed E-state index contributed by atoms with van der Waals surface area (Å²) in [6.45, 7) is 4.51. The predicted octanol–water partition coefficient (Wildman–Crippen LogP) is 3.63. The Kier molecular flexibility index (Phi) is 5.97. The van der Waals surface area contributed by atoms with Crippen LogP contribution >= 0.6 is 11.6 Å². The maximum absolute atomic E-state index is 13.0. The van der Waals surface area contributed by atoms with Crippen molar-refractivity contribution in [1.82, 2.24) is 20.1 Å². The van der Waals surface area contributed by atoms with Crippen molar-refractivity contribution in [1.29, 1.82) is 0 Å². The van der Waals surface area contributed by atoms with Crippen LogP contribution in [0.5, 0.6) is 0 Å². The summed E-state index contributed by atoms with van der Waals surface area (Å²) in [6.07, 6.45) is 5.19. The second-order valence-corrected chi connectivity index (χ2v) is 7.46. The lowest BCUT2D eigenvalue weighted by atomic mass is 10.1. The molecule has 0 spiro atoms. The molecule has 0 saturated carbocycles. The van der Waals surface area contributed by atoms with Crippen LogP contribution in [-0.2, 0) is 17.8 Å². The van der Waals surface area contributed by atoms with Gasteiger partial charge in [-0.25, -0.2) is 9.67 Å². The summed E-state index contributed by atoms with van der Waals surface area (Å²) in [5.74, 6) is -0.196. The van der Waals surface area contributed by atoms with Crippen LogP contribution in [0.25, 0.3) is 11.0 Å². The highest BCUT2D eigenvalue weighted by atomic mass is 35.5. The molecular formula is C21H24ClN5O2. The average molecular weight is 414 g/mol. The number of benzene rings is 1. The maximum Gasteiger partial charge on any atom is 0.255 e. The van der Waals surface area contributed by atoms with Gasteiger partial charge in [-0.3, -0.25) is 4.79 Å². The molecular weight excluding hydrogens is 390 g/mol. The van der Waals surface area contributed by atoms with Gasteiger partial charge in [-0.05, 0) is 31.4 Å². The first-order valence-electron chi connectivity index (χ1n) is 9.87. The fourth-order valence-electron chi connectivity index (χ4n) is 3.54. The Hall–Kier alpha value is -2.64. The van der Waals surface area contributed by atoms with Crippen LogP contribution in [0.2, 0.25) is 5.02 Å². The lowest BCUT2D eigenvalue weighted by Gasteiger charge is -2.25. The molecule has 1 saturated heterocycles. The Labute approximate surface area is 174 Å². The summed E-state index contributed by atoms with van der Waals surface area (Å²) in [7, 11) is 0. The molecule has 1 amide bonds. The van der Waals surface area contributed by atoms with E-state index in [2.05, 4.69) is 20.7 Å². The molecule has 8 heteroatoms. The van der Waals surface area contributed by atoms with Crippen molar-refractivity contribution >= 4 is 34.2 Å². The largest absolute Gasteiger partial charge is 0.381 e. The van der Waals surface area contributed by atoms with Crippen molar-refractivity contribution in [3.05, 3.63) is 52.8 Å². The monoisotopic (exact) mass is 413 g/mol. The van der Waals surface area contributed by atoms with E-state index in [0.29, 0.717) is 36.9 Å². The van der Waals surface area contributed by atoms with E-state index < -0.39 is 0 Å². The standard InChI is InChI=1S/C21H24ClN5O2/c1-2-27-20-16(13-25-27)19(26-15-7-9-29-10-8-15)17(12-23-20)21(28)24-11-14-5-3-4-6-18(14)22/h3-6,12-13,15H,2,7-11H2,1H3,(H,23,26)(H,24,28). The topological polar surface area (TPSA) is 81.1 Å². The Bertz CT molecular complexity index is 1010. The number of aryl methyl sites for hydroxylation is 1. The number of ether oxygens (including phenoxy) is 1. The van der Waals surface area contributed by atoms with Crippen LogP contribution in [0.3, 0.4) is 0 Å². The van der Waals surface area contributed by atoms with E-state index in [-0.39, 0.29) is 11.9 Å². The van der Waals surface area contributed by atoms with Gasteiger partial charge in [0.05, 0.1) is 22.8 Å². The summed E-state index contributed by atoms with van der Waals surface area (Å²) in [5.41, 5.74) is 2.92. The van der Waals surface area contributed by atoms with Gasteiger partial charge in [-0.2, -0.15) is 5.10 Å². The van der Waals surface area contributed by atoms with Crippen LogP contribution < -0.4 is 10.6 Å². The van der Waals surface area contributed by atoms with Crippen molar-refractivity contribution in [3.8, 4) is 0 Å². The highest BCUT2D eigenvalue weighted by Gasteiger charge is 2.22. The minimum atomic E-state index is -0.196. The third-order valence-corrected chi connectivity index (χ3v) is 5.55. The summed E-state index contributed by atoms with van der Waals surface area (Å²) < 4.78 is 7.29. The van der Waals surface area contributed by atoms with E-state index >= 15 is 0 Å². The number of carbonyl (C=O) groups is 1. The van der Waals surface area contributed by atoms with E-state index in [4.69, 9.17) is 16.3 Å². The SMILES string of the molecule is CCn1ncc2c(NC3CCOCC3)c(C(=O)NCc3ccccc3Cl)cnc21. The molecule has 2 N–H and O–H groups in total. The van der Waals surface area contributed by atoms with Gasteiger partial charge < -0.3 is 15.4 Å². The molecule has 4 rings (SSSR count). The minimum absolute atomic E-state index is 0.196. The van der Waals surface area contributed by atoms with Gasteiger partial charge in [0, 0.05) is 43.6 Å². The number of nitrogens with one attached hydrogen (secondary N) is 2. The zero-order valence-corrected chi connectivity index (χ0v) is 17.1. The quantitative estimate of drug-likeness (QED) is 0.645. The molecule has 7 nitrogen and oxygen atoms in total. The number of pyridine rings is 1. The van der Waals surface area contributed by atoms with Crippen molar-refractivity contribution in [2.24, 2.45) is 0 Å². The molecule has 1 aromatic carbocycles. The van der Waals surface area contributed by atoms with Crippen LogP contribution in [0.15, 0.2) is 36.7 Å². The lowest BCUT2D eigenvalue weighted by molar-refractivity contribution is 0.0904. The van der Waals surface area contributed by atoms with Crippen molar-refractivity contribution in [3.63, 3.8) is 0 Å². The molecule has 1 aliphatic heterocycles. The van der Waals surface area contributed by atoms with E-state index in [1.807, 2.05) is 35.9 Å². The van der Waals surface area contributed by atoms with Gasteiger partial charge in [-0.1, -0.05) is 29.8 Å². The molecule has 0 atom stereocenters. The Morgan fingerprint density at radius 3 is 2.83 bits per heavy atom. The molecule has 3 aromatic rings. The van der Waals surface area contributed by atoms with Crippen molar-refractivity contribution < 1.29 is 9.53 Å². The smallest absolute Gasteiger partial charge is 0.255 e. The maximum atomic E-state index is 13.0. The number of hydrogen-bond donors (Lipinski definition) is 2. The molecule has 0 aliphatic carbocycles. The Morgan fingerprint density at radius 1 is 1.28 bits per heavy atom. The van der Waals surface area contributed by atoms with Crippen molar-refractivity contribution in [2.45, 2.75) is 38.9 Å². The first-order chi connectivity index (χ1) is 14.2. The van der Waals surface area contributed by atoms with E-state index in [0.717, 1.165) is 35.1 Å². The third kappa shape index (κ3) is 4.21. The average Bonchev–Trinajstić information content (AvgIpc) is 3.17. The highest BCUT2D eigenvalue weighted by Crippen LogP contribution is 2.28. The first-order valence-corrected chi connectivity index (χ1v) is 10.3. The molecule has 0 bridgehead atoms. The van der Waals surface area contributed by atoms with Crippen LogP contribution in [-0.4, -0.2) is 39.9 Å². The van der Waals surface area contributed by atoms with Gasteiger partial charge in [0.1, 0.15) is 0 Å². The fraction of sp³-hybridized carbons (Fsp3) is 0.381. The number of aromatic nitrogens is 3. The fourth-order valence-corrected chi connectivity index (χ4v) is 3.75. The van der Waals surface area contributed by atoms with E-state index in [9.17, 15) is 4.79 Å². The van der Waals surface area contributed by atoms with Gasteiger partial charge >= 0.3 is 0 Å². The molecule has 29 heavy (non-hydrogen) atoms. The molecule has 152 valence electrons. The summed E-state index contributed by atoms with van der Waals surface area (Å²) in [4.78, 5) is 17.5. The summed E-state index contributed by atoms with van der Waals surface area (Å²) in [6, 6.07) is 7.73. The first kappa shape index (κ1) is 19.7. The van der Waals surface area contributed by atoms with Gasteiger partial charge in [0.2, 0.25) is 0 Å². The molecule has 0 radical (unpaired) electrons. The number of hydrogen-bond acceptors (Lipinski definition) is 5. The zero-order valence-electron chi connectivity index (χ0n) is 16.3. The molecule has 1 fully saturated rings. The van der Waals surface area contributed by atoms with E-state index in [1.54, 1.807) is 12.4 Å². The number of rotatable bonds is 6. The summed E-state index contributed by atoms with van der Waals surface area (Å²) in [5, 5.41) is 12.4. The predicted molar refractivity (Wildman–Crippen MR) is 113 cm³/mol. The van der Waals surface area contributed by atoms with Gasteiger partial charge in [0.15, 0.2) is 5.65 Å². The molecule has 0 unspecified atom stereocenters. The Morgan fingerprint density at radius 2 is 2.07 bits per heavy atom. The zero-order chi connectivity index (χ0) is 20.2. The lowest BCUT2D eigenvalue weighted by Crippen LogP contribution is -2.30. The van der Waals surface area contributed by atoms with Gasteiger partial charge in [-0.15, -0.1) is 0 Å². The highest BCUT2D eigenvalue weighted by molar-refractivity contribution is 6.31. The van der Waals surface area contributed by atoms with Crippen LogP contribution in [0, 0.1) is 0 Å². The Balaban J connectivity index is 1.63. The van der Waals surface area contributed by atoms with Crippen LogP contribution in [0.4, 0.5) is 5.69 Å². The number of anilines is 1. The van der Waals surface area contributed by atoms with E-state index in [1.165, 1.54) is 0 Å². The normalized spacial score (nSPS) is 14.8. The molecule has 1 aliphatic rings. The summed E-state index contributed by atoms with van der Waals surface area (Å²) >= 11 is 6.21. The molecule has 2 aromatic heterocycles. The minimum Gasteiger partial charge on any atom is -0.381 e. The second-order valence-electron chi connectivity index (χ2n) is 7.05. The van der Waals surface area contributed by atoms with Gasteiger partial charge in [0.25, 0.3) is 5.91 Å². The number of amides is 1. The third-order valence-electron chi connectivity index (χ3n) is 5.18. The van der Waals surface area contributed by atoms with Crippen molar-refractivity contribution in [2.75, 3.05) is 18.5 Å². The number of halogens is 1.